The molecule has 1 heterocycles. The van der Waals surface area contributed by atoms with Crippen LogP contribution in [-0.4, -0.2) is 40.8 Å². The molecule has 0 unspecified atom stereocenters. The first-order valence-corrected chi connectivity index (χ1v) is 7.92. The molecule has 1 aliphatic carbocycles. The van der Waals surface area contributed by atoms with Crippen LogP contribution in [0.5, 0.6) is 0 Å². The summed E-state index contributed by atoms with van der Waals surface area (Å²) in [6.45, 7) is 7.09. The predicted octanol–water partition coefficient (Wildman–Crippen LogP) is 3.28. The van der Waals surface area contributed by atoms with E-state index in [1.807, 2.05) is 20.8 Å². The van der Waals surface area contributed by atoms with E-state index in [0.717, 1.165) is 51.6 Å². The number of carbonyl (C=O) groups is 2. The fraction of sp³-hybridized carbons (Fsp3) is 0.875. The minimum atomic E-state index is -0.656. The van der Waals surface area contributed by atoms with E-state index < -0.39 is 11.6 Å². The Hall–Kier alpha value is -1.26. The number of carbonyl (C=O) groups excluding carboxylic acids is 1. The molecule has 2 aliphatic rings. The zero-order valence-corrected chi connectivity index (χ0v) is 13.4. The van der Waals surface area contributed by atoms with Gasteiger partial charge in [-0.25, -0.2) is 4.79 Å². The Morgan fingerprint density at radius 2 is 1.62 bits per heavy atom. The highest BCUT2D eigenvalue weighted by Crippen LogP contribution is 2.46. The van der Waals surface area contributed by atoms with Crippen molar-refractivity contribution in [3.63, 3.8) is 0 Å². The highest BCUT2D eigenvalue weighted by Gasteiger charge is 2.41. The molecule has 1 aliphatic heterocycles. The quantitative estimate of drug-likeness (QED) is 0.806. The molecule has 1 saturated carbocycles. The van der Waals surface area contributed by atoms with E-state index in [0.29, 0.717) is 0 Å². The summed E-state index contributed by atoms with van der Waals surface area (Å²) >= 11 is 0. The Balaban J connectivity index is 1.84. The number of carboxylic acids is 1. The molecule has 0 radical (unpaired) electrons. The molecule has 1 spiro atoms. The largest absolute Gasteiger partial charge is 0.481 e. The SMILES string of the molecule is CC(C)(C)OC(=O)N1CCC2(CCC(C(=O)O)CC2)CC1. The number of nitrogens with zero attached hydrogens (tertiary/aromatic N) is 1. The van der Waals surface area contributed by atoms with Gasteiger partial charge in [0, 0.05) is 13.1 Å². The van der Waals surface area contributed by atoms with Crippen LogP contribution in [0.2, 0.25) is 0 Å². The van der Waals surface area contributed by atoms with Gasteiger partial charge in [-0.05, 0) is 64.7 Å². The minimum absolute atomic E-state index is 0.167. The van der Waals surface area contributed by atoms with Crippen molar-refractivity contribution < 1.29 is 19.4 Å². The van der Waals surface area contributed by atoms with Crippen molar-refractivity contribution in [3.8, 4) is 0 Å². The lowest BCUT2D eigenvalue weighted by Crippen LogP contribution is -2.46. The molecule has 5 heteroatoms. The van der Waals surface area contributed by atoms with Crippen LogP contribution in [0.15, 0.2) is 0 Å². The Morgan fingerprint density at radius 3 is 2.05 bits per heavy atom. The molecule has 1 amide bonds. The molecule has 1 N–H and O–H groups in total. The highest BCUT2D eigenvalue weighted by molar-refractivity contribution is 5.70. The molecule has 21 heavy (non-hydrogen) atoms. The van der Waals surface area contributed by atoms with Crippen LogP contribution >= 0.6 is 0 Å². The first kappa shape index (κ1) is 16.1. The van der Waals surface area contributed by atoms with Crippen LogP contribution in [0.1, 0.15) is 59.3 Å². The molecule has 120 valence electrons. The summed E-state index contributed by atoms with van der Waals surface area (Å²) in [6, 6.07) is 0. The summed E-state index contributed by atoms with van der Waals surface area (Å²) in [4.78, 5) is 24.9. The maximum Gasteiger partial charge on any atom is 0.410 e. The molecule has 0 atom stereocenters. The predicted molar refractivity (Wildman–Crippen MR) is 79.1 cm³/mol. The highest BCUT2D eigenvalue weighted by atomic mass is 16.6. The van der Waals surface area contributed by atoms with Crippen LogP contribution in [0, 0.1) is 11.3 Å². The maximum atomic E-state index is 12.1. The molecule has 2 fully saturated rings. The first-order chi connectivity index (χ1) is 9.71. The van der Waals surface area contributed by atoms with Gasteiger partial charge >= 0.3 is 12.1 Å². The smallest absolute Gasteiger partial charge is 0.410 e. The zero-order chi connectivity index (χ0) is 15.7. The fourth-order valence-electron chi connectivity index (χ4n) is 3.47. The molecule has 0 bridgehead atoms. The summed E-state index contributed by atoms with van der Waals surface area (Å²) in [5, 5.41) is 9.08. The van der Waals surface area contributed by atoms with Gasteiger partial charge in [0.05, 0.1) is 5.92 Å². The molecule has 0 aromatic rings. The third-order valence-corrected chi connectivity index (χ3v) is 4.87. The van der Waals surface area contributed by atoms with Gasteiger partial charge in [0.2, 0.25) is 0 Å². The van der Waals surface area contributed by atoms with Crippen molar-refractivity contribution in [1.82, 2.24) is 4.90 Å². The molecule has 1 saturated heterocycles. The second-order valence-corrected chi connectivity index (χ2v) is 7.58. The van der Waals surface area contributed by atoms with E-state index in [2.05, 4.69) is 0 Å². The summed E-state index contributed by atoms with van der Waals surface area (Å²) in [7, 11) is 0. The lowest BCUT2D eigenvalue weighted by Gasteiger charge is -2.45. The van der Waals surface area contributed by atoms with Gasteiger partial charge in [-0.15, -0.1) is 0 Å². The second-order valence-electron chi connectivity index (χ2n) is 7.58. The van der Waals surface area contributed by atoms with E-state index >= 15 is 0 Å². The number of hydrogen-bond acceptors (Lipinski definition) is 3. The number of carboxylic acid groups (broad SMARTS) is 1. The van der Waals surface area contributed by atoms with E-state index in [-0.39, 0.29) is 17.4 Å². The average Bonchev–Trinajstić information content (AvgIpc) is 2.38. The summed E-state index contributed by atoms with van der Waals surface area (Å²) in [5.74, 6) is -0.824. The van der Waals surface area contributed by atoms with E-state index in [1.165, 1.54) is 0 Å². The minimum Gasteiger partial charge on any atom is -0.481 e. The number of likely N-dealkylation sites (tertiary alicyclic amines) is 1. The third kappa shape index (κ3) is 4.11. The van der Waals surface area contributed by atoms with Gasteiger partial charge in [0.1, 0.15) is 5.60 Å². The average molecular weight is 297 g/mol. The first-order valence-electron chi connectivity index (χ1n) is 7.92. The summed E-state index contributed by atoms with van der Waals surface area (Å²) < 4.78 is 5.41. The van der Waals surface area contributed by atoms with Crippen LogP contribution in [0.4, 0.5) is 4.79 Å². The van der Waals surface area contributed by atoms with Crippen molar-refractivity contribution >= 4 is 12.1 Å². The van der Waals surface area contributed by atoms with E-state index in [9.17, 15) is 9.59 Å². The molecule has 5 nitrogen and oxygen atoms in total. The number of amides is 1. The monoisotopic (exact) mass is 297 g/mol. The Kier molecular flexibility index (Phi) is 4.49. The van der Waals surface area contributed by atoms with Gasteiger partial charge in [-0.2, -0.15) is 0 Å². The lowest BCUT2D eigenvalue weighted by molar-refractivity contribution is -0.144. The topological polar surface area (TPSA) is 66.8 Å². The van der Waals surface area contributed by atoms with Gasteiger partial charge in [0.15, 0.2) is 0 Å². The van der Waals surface area contributed by atoms with E-state index in [1.54, 1.807) is 4.90 Å². The van der Waals surface area contributed by atoms with Crippen molar-refractivity contribution in [2.45, 2.75) is 64.9 Å². The Labute approximate surface area is 126 Å². The molecular weight excluding hydrogens is 270 g/mol. The van der Waals surface area contributed by atoms with Gasteiger partial charge in [-0.1, -0.05) is 0 Å². The van der Waals surface area contributed by atoms with Crippen molar-refractivity contribution in [2.75, 3.05) is 13.1 Å². The van der Waals surface area contributed by atoms with Crippen molar-refractivity contribution in [1.29, 1.82) is 0 Å². The molecule has 0 aromatic carbocycles. The van der Waals surface area contributed by atoms with Crippen LogP contribution in [-0.2, 0) is 9.53 Å². The van der Waals surface area contributed by atoms with Crippen LogP contribution in [0.25, 0.3) is 0 Å². The van der Waals surface area contributed by atoms with Gasteiger partial charge in [0.25, 0.3) is 0 Å². The normalized spacial score (nSPS) is 23.1. The van der Waals surface area contributed by atoms with Crippen LogP contribution < -0.4 is 0 Å². The molecule has 2 rings (SSSR count). The van der Waals surface area contributed by atoms with Crippen molar-refractivity contribution in [3.05, 3.63) is 0 Å². The zero-order valence-electron chi connectivity index (χ0n) is 13.4. The molecular formula is C16H27NO4. The Morgan fingerprint density at radius 1 is 1.10 bits per heavy atom. The summed E-state index contributed by atoms with van der Waals surface area (Å²) in [6.07, 6.45) is 5.23. The third-order valence-electron chi connectivity index (χ3n) is 4.87. The lowest BCUT2D eigenvalue weighted by atomic mass is 9.65. The number of rotatable bonds is 1. The maximum absolute atomic E-state index is 12.1. The van der Waals surface area contributed by atoms with Crippen LogP contribution in [0.3, 0.4) is 0 Å². The molecule has 0 aromatic heterocycles. The standard InChI is InChI=1S/C16H27NO4/c1-15(2,3)21-14(20)17-10-8-16(9-11-17)6-4-12(5-7-16)13(18)19/h12H,4-11H2,1-3H3,(H,18,19). The van der Waals surface area contributed by atoms with Gasteiger partial charge in [-0.3, -0.25) is 4.79 Å². The number of hydrogen-bond donors (Lipinski definition) is 1. The Bertz CT molecular complexity index is 395. The number of piperidine rings is 1. The number of aliphatic carboxylic acids is 1. The fourth-order valence-corrected chi connectivity index (χ4v) is 3.47. The van der Waals surface area contributed by atoms with E-state index in [4.69, 9.17) is 9.84 Å². The second kappa shape index (κ2) is 5.85. The van der Waals surface area contributed by atoms with Gasteiger partial charge < -0.3 is 14.7 Å². The number of ether oxygens (including phenoxy) is 1. The summed E-state index contributed by atoms with van der Waals surface area (Å²) in [5.41, 5.74) is -0.198. The van der Waals surface area contributed by atoms with Crippen molar-refractivity contribution in [2.24, 2.45) is 11.3 Å².